The van der Waals surface area contributed by atoms with Gasteiger partial charge in [0.2, 0.25) is 0 Å². The first-order valence-electron chi connectivity index (χ1n) is 11.1. The van der Waals surface area contributed by atoms with E-state index in [1.54, 1.807) is 20.2 Å². The Morgan fingerprint density at radius 3 is 1.84 bits per heavy atom. The molecule has 3 rings (SSSR count). The molecule has 32 heavy (non-hydrogen) atoms. The highest BCUT2D eigenvalue weighted by molar-refractivity contribution is 6.39. The minimum atomic E-state index is -0.117. The highest BCUT2D eigenvalue weighted by atomic mass is 35.5. The van der Waals surface area contributed by atoms with E-state index in [1.165, 1.54) is 38.5 Å². The summed E-state index contributed by atoms with van der Waals surface area (Å²) in [7, 11) is 3.25. The molecule has 0 aliphatic heterocycles. The summed E-state index contributed by atoms with van der Waals surface area (Å²) >= 11 is 17.2. The van der Waals surface area contributed by atoms with Gasteiger partial charge in [-0.05, 0) is 48.2 Å². The van der Waals surface area contributed by atoms with Gasteiger partial charge in [-0.3, -0.25) is 9.79 Å². The number of aliphatic imine (C=N–C) groups is 1. The molecule has 2 aromatic carbocycles. The lowest BCUT2D eigenvalue weighted by Gasteiger charge is -2.12. The van der Waals surface area contributed by atoms with Crippen LogP contribution in [-0.2, 0) is 4.79 Å². The molecule has 6 heteroatoms. The molecule has 2 aromatic rings. The molecule has 0 aromatic heterocycles. The zero-order valence-electron chi connectivity index (χ0n) is 19.6. The van der Waals surface area contributed by atoms with Gasteiger partial charge in [0, 0.05) is 35.6 Å². The van der Waals surface area contributed by atoms with Crippen LogP contribution in [0.5, 0.6) is 0 Å². The molecule has 0 saturated heterocycles. The number of aryl methyl sites for hydroxylation is 1. The van der Waals surface area contributed by atoms with Crippen LogP contribution in [0.15, 0.2) is 47.5 Å². The molecule has 0 spiro atoms. The molecule has 1 atom stereocenters. The topological polar surface area (TPSA) is 41.5 Å². The van der Waals surface area contributed by atoms with Crippen molar-refractivity contribution in [2.75, 3.05) is 14.1 Å². The van der Waals surface area contributed by atoms with Crippen LogP contribution in [0.4, 0.5) is 0 Å². The predicted octanol–water partition coefficient (Wildman–Crippen LogP) is 8.29. The third-order valence-corrected chi connectivity index (χ3v) is 6.23. The third kappa shape index (κ3) is 11.4. The summed E-state index contributed by atoms with van der Waals surface area (Å²) in [4.78, 5) is 15.5. The fourth-order valence-corrected chi connectivity index (χ4v) is 3.79. The second kappa shape index (κ2) is 16.1. The fraction of sp³-hybridized carbons (Fsp3) is 0.462. The van der Waals surface area contributed by atoms with Gasteiger partial charge in [0.15, 0.2) is 0 Å². The lowest BCUT2D eigenvalue weighted by atomic mass is 9.95. The van der Waals surface area contributed by atoms with Crippen molar-refractivity contribution in [2.45, 2.75) is 64.7 Å². The zero-order valence-corrected chi connectivity index (χ0v) is 21.8. The van der Waals surface area contributed by atoms with E-state index in [4.69, 9.17) is 34.8 Å². The van der Waals surface area contributed by atoms with Gasteiger partial charge in [-0.25, -0.2) is 0 Å². The van der Waals surface area contributed by atoms with E-state index >= 15 is 0 Å². The Bertz CT molecular complexity index is 835. The monoisotopic (exact) mass is 496 g/mol. The number of hydrogen-bond donors (Lipinski definition) is 1. The molecule has 0 bridgehead atoms. The minimum Gasteiger partial charge on any atom is -0.354 e. The molecule has 1 aliphatic rings. The summed E-state index contributed by atoms with van der Waals surface area (Å²) in [6.07, 6.45) is 9.62. The van der Waals surface area contributed by atoms with Crippen LogP contribution in [-0.4, -0.2) is 25.7 Å². The maximum Gasteiger partial charge on any atom is 0.264 e. The summed E-state index contributed by atoms with van der Waals surface area (Å²) in [5.74, 6) is 0.122. The number of rotatable bonds is 4. The smallest absolute Gasteiger partial charge is 0.264 e. The number of halogens is 3. The van der Waals surface area contributed by atoms with Crippen LogP contribution >= 0.6 is 34.8 Å². The molecular weight excluding hydrogens is 463 g/mol. The predicted molar refractivity (Wildman–Crippen MR) is 141 cm³/mol. The van der Waals surface area contributed by atoms with Crippen LogP contribution in [0.1, 0.15) is 68.9 Å². The summed E-state index contributed by atoms with van der Waals surface area (Å²) in [5.41, 5.74) is 2.77. The Morgan fingerprint density at radius 2 is 1.44 bits per heavy atom. The van der Waals surface area contributed by atoms with E-state index in [0.717, 1.165) is 21.2 Å². The molecule has 1 unspecified atom stereocenters. The van der Waals surface area contributed by atoms with Crippen molar-refractivity contribution in [3.05, 3.63) is 68.7 Å². The van der Waals surface area contributed by atoms with Crippen LogP contribution in [0, 0.1) is 6.92 Å². The standard InChI is InChI=1S/C13H17ClN2O.C7H6Cl2.C6H12/c1-9(8-12(15-2)13(17)16-3)10-4-6-11(14)7-5-10;1-5-2-3-6(8)4-7(5)9;1-2-4-6-5-3-1/h4-7,9H,8H2,1-3H3,(H,16,17);2-4H,1H3;1-6H2. The molecule has 1 saturated carbocycles. The number of amides is 1. The van der Waals surface area contributed by atoms with Crippen molar-refractivity contribution in [1.82, 2.24) is 5.32 Å². The average molecular weight is 498 g/mol. The van der Waals surface area contributed by atoms with Crippen LogP contribution in [0.2, 0.25) is 15.1 Å². The number of nitrogens with zero attached hydrogens (tertiary/aromatic N) is 1. The van der Waals surface area contributed by atoms with Crippen LogP contribution in [0.25, 0.3) is 0 Å². The molecule has 1 N–H and O–H groups in total. The van der Waals surface area contributed by atoms with E-state index in [2.05, 4.69) is 17.2 Å². The Labute approximate surface area is 208 Å². The van der Waals surface area contributed by atoms with Crippen molar-refractivity contribution >= 4 is 46.4 Å². The largest absolute Gasteiger partial charge is 0.354 e. The van der Waals surface area contributed by atoms with Crippen molar-refractivity contribution in [2.24, 2.45) is 4.99 Å². The summed E-state index contributed by atoms with van der Waals surface area (Å²) in [6.45, 7) is 4.01. The molecule has 0 heterocycles. The first-order valence-corrected chi connectivity index (χ1v) is 12.3. The Morgan fingerprint density at radius 1 is 0.938 bits per heavy atom. The van der Waals surface area contributed by atoms with Gasteiger partial charge in [-0.1, -0.05) is 98.5 Å². The minimum absolute atomic E-state index is 0.117. The summed E-state index contributed by atoms with van der Waals surface area (Å²) in [5, 5.41) is 4.72. The van der Waals surface area contributed by atoms with Gasteiger partial charge in [0.1, 0.15) is 0 Å². The van der Waals surface area contributed by atoms with E-state index < -0.39 is 0 Å². The van der Waals surface area contributed by atoms with Gasteiger partial charge < -0.3 is 5.32 Å². The molecule has 1 fully saturated rings. The number of benzene rings is 2. The van der Waals surface area contributed by atoms with Gasteiger partial charge in [-0.2, -0.15) is 0 Å². The number of hydrogen-bond acceptors (Lipinski definition) is 2. The number of carbonyl (C=O) groups is 1. The zero-order chi connectivity index (χ0) is 23.9. The van der Waals surface area contributed by atoms with E-state index in [9.17, 15) is 4.79 Å². The molecule has 176 valence electrons. The highest BCUT2D eigenvalue weighted by Gasteiger charge is 2.14. The van der Waals surface area contributed by atoms with Gasteiger partial charge in [0.05, 0.1) is 5.71 Å². The molecule has 1 aliphatic carbocycles. The van der Waals surface area contributed by atoms with Crippen molar-refractivity contribution < 1.29 is 4.79 Å². The van der Waals surface area contributed by atoms with E-state index in [0.29, 0.717) is 17.2 Å². The van der Waals surface area contributed by atoms with Crippen molar-refractivity contribution in [3.8, 4) is 0 Å². The third-order valence-electron chi connectivity index (χ3n) is 5.33. The Balaban J connectivity index is 0.000000281. The number of carbonyl (C=O) groups excluding carboxylic acids is 1. The maximum absolute atomic E-state index is 11.5. The first kappa shape index (κ1) is 28.5. The normalized spacial score (nSPS) is 14.3. The average Bonchev–Trinajstić information content (AvgIpc) is 2.82. The molecule has 3 nitrogen and oxygen atoms in total. The van der Waals surface area contributed by atoms with Crippen LogP contribution < -0.4 is 5.32 Å². The van der Waals surface area contributed by atoms with E-state index in [-0.39, 0.29) is 11.8 Å². The Hall–Kier alpha value is -1.55. The second-order valence-corrected chi connectivity index (χ2v) is 9.20. The second-order valence-electron chi connectivity index (χ2n) is 7.92. The number of nitrogens with one attached hydrogen (secondary N) is 1. The summed E-state index contributed by atoms with van der Waals surface area (Å²) < 4.78 is 0. The molecular formula is C26H35Cl3N2O. The van der Waals surface area contributed by atoms with Gasteiger partial charge >= 0.3 is 0 Å². The fourth-order valence-electron chi connectivity index (χ4n) is 3.26. The maximum atomic E-state index is 11.5. The lowest BCUT2D eigenvalue weighted by Crippen LogP contribution is -2.28. The summed E-state index contributed by atoms with van der Waals surface area (Å²) in [6, 6.07) is 13.1. The highest BCUT2D eigenvalue weighted by Crippen LogP contribution is 2.22. The van der Waals surface area contributed by atoms with E-state index in [1.807, 2.05) is 43.3 Å². The van der Waals surface area contributed by atoms with Gasteiger partial charge in [-0.15, -0.1) is 0 Å². The SMILES string of the molecule is C1CCCCC1.CN=C(CC(C)c1ccc(Cl)cc1)C(=O)NC.Cc1ccc(Cl)cc1Cl. The van der Waals surface area contributed by atoms with Crippen molar-refractivity contribution in [3.63, 3.8) is 0 Å². The quantitative estimate of drug-likeness (QED) is 0.424. The molecule has 0 radical (unpaired) electrons. The lowest BCUT2D eigenvalue weighted by molar-refractivity contribution is -0.114. The van der Waals surface area contributed by atoms with Crippen molar-refractivity contribution in [1.29, 1.82) is 0 Å². The molecule has 1 amide bonds. The van der Waals surface area contributed by atoms with Crippen LogP contribution in [0.3, 0.4) is 0 Å². The first-order chi connectivity index (χ1) is 15.3. The Kier molecular flexibility index (Phi) is 14.4. The van der Waals surface area contributed by atoms with Gasteiger partial charge in [0.25, 0.3) is 5.91 Å².